The van der Waals surface area contributed by atoms with Crippen molar-refractivity contribution in [1.82, 2.24) is 0 Å². The standard InChI is InChI=1S/C13H14ClNO5/c1-9-5-6-11(13(15(18)19)10(9)8-16)20-7-3-2-4-12(14)17/h5-6,8H,2-4,7H2,1H3. The van der Waals surface area contributed by atoms with Gasteiger partial charge in [0.15, 0.2) is 12.0 Å². The fourth-order valence-corrected chi connectivity index (χ4v) is 1.82. The van der Waals surface area contributed by atoms with Gasteiger partial charge < -0.3 is 4.74 Å². The summed E-state index contributed by atoms with van der Waals surface area (Å²) in [5.41, 5.74) is 0.212. The second-order valence-corrected chi connectivity index (χ2v) is 4.60. The van der Waals surface area contributed by atoms with Gasteiger partial charge >= 0.3 is 5.69 Å². The monoisotopic (exact) mass is 299 g/mol. The maximum absolute atomic E-state index is 11.0. The van der Waals surface area contributed by atoms with Crippen molar-refractivity contribution in [1.29, 1.82) is 0 Å². The number of nitro benzene ring substituents is 1. The van der Waals surface area contributed by atoms with E-state index in [1.54, 1.807) is 13.0 Å². The number of nitrogens with zero attached hydrogens (tertiary/aromatic N) is 1. The molecule has 0 aliphatic heterocycles. The highest BCUT2D eigenvalue weighted by molar-refractivity contribution is 6.63. The molecule has 0 atom stereocenters. The van der Waals surface area contributed by atoms with Gasteiger partial charge in [0.1, 0.15) is 0 Å². The number of nitro groups is 1. The molecule has 1 aromatic rings. The molecule has 1 aromatic carbocycles. The first-order valence-corrected chi connectivity index (χ1v) is 6.39. The number of hydrogen-bond acceptors (Lipinski definition) is 5. The summed E-state index contributed by atoms with van der Waals surface area (Å²) in [7, 11) is 0. The van der Waals surface area contributed by atoms with Crippen molar-refractivity contribution in [2.75, 3.05) is 6.61 Å². The molecule has 0 amide bonds. The van der Waals surface area contributed by atoms with E-state index in [0.717, 1.165) is 0 Å². The summed E-state index contributed by atoms with van der Waals surface area (Å²) in [6.07, 6.45) is 1.77. The lowest BCUT2D eigenvalue weighted by Crippen LogP contribution is -2.04. The first kappa shape index (κ1) is 16.1. The van der Waals surface area contributed by atoms with Crippen LogP contribution >= 0.6 is 11.6 Å². The molecule has 7 heteroatoms. The Hall–Kier alpha value is -1.95. The molecule has 0 spiro atoms. The van der Waals surface area contributed by atoms with Crippen LogP contribution in [-0.2, 0) is 4.79 Å². The third kappa shape index (κ3) is 4.31. The zero-order valence-corrected chi connectivity index (χ0v) is 11.7. The minimum Gasteiger partial charge on any atom is -0.487 e. The predicted octanol–water partition coefficient (Wildman–Crippen LogP) is 3.03. The van der Waals surface area contributed by atoms with E-state index in [4.69, 9.17) is 16.3 Å². The number of unbranched alkanes of at least 4 members (excludes halogenated alkanes) is 1. The zero-order chi connectivity index (χ0) is 15.1. The van der Waals surface area contributed by atoms with Crippen molar-refractivity contribution in [2.24, 2.45) is 0 Å². The smallest absolute Gasteiger partial charge is 0.321 e. The fraction of sp³-hybridized carbons (Fsp3) is 0.385. The third-order valence-electron chi connectivity index (χ3n) is 2.72. The summed E-state index contributed by atoms with van der Waals surface area (Å²) in [4.78, 5) is 31.9. The van der Waals surface area contributed by atoms with Crippen LogP contribution in [0.3, 0.4) is 0 Å². The zero-order valence-electron chi connectivity index (χ0n) is 10.9. The van der Waals surface area contributed by atoms with Gasteiger partial charge in [-0.1, -0.05) is 6.07 Å². The van der Waals surface area contributed by atoms with E-state index in [0.29, 0.717) is 24.7 Å². The highest BCUT2D eigenvalue weighted by Crippen LogP contribution is 2.32. The second kappa shape index (κ2) is 7.59. The lowest BCUT2D eigenvalue weighted by atomic mass is 10.1. The lowest BCUT2D eigenvalue weighted by molar-refractivity contribution is -0.386. The summed E-state index contributed by atoms with van der Waals surface area (Å²) in [5, 5.41) is 10.6. The topological polar surface area (TPSA) is 86.5 Å². The summed E-state index contributed by atoms with van der Waals surface area (Å²) in [5.74, 6) is 0.0555. The molecule has 0 bridgehead atoms. The van der Waals surface area contributed by atoms with Crippen LogP contribution in [0.4, 0.5) is 5.69 Å². The Bertz CT molecular complexity index is 530. The van der Waals surface area contributed by atoms with Gasteiger partial charge in [0.05, 0.1) is 17.1 Å². The Kier molecular flexibility index (Phi) is 6.11. The van der Waals surface area contributed by atoms with E-state index in [9.17, 15) is 19.7 Å². The maximum Gasteiger partial charge on any atom is 0.321 e. The van der Waals surface area contributed by atoms with Gasteiger partial charge in [-0.3, -0.25) is 19.7 Å². The molecular weight excluding hydrogens is 286 g/mol. The molecule has 108 valence electrons. The van der Waals surface area contributed by atoms with Gasteiger partial charge in [-0.05, 0) is 43.0 Å². The van der Waals surface area contributed by atoms with E-state index in [-0.39, 0.29) is 30.0 Å². The second-order valence-electron chi connectivity index (χ2n) is 4.18. The van der Waals surface area contributed by atoms with Crippen LogP contribution in [0.25, 0.3) is 0 Å². The van der Waals surface area contributed by atoms with E-state index in [1.165, 1.54) is 6.07 Å². The number of halogens is 1. The third-order valence-corrected chi connectivity index (χ3v) is 2.91. The number of carbonyl (C=O) groups excluding carboxylic acids is 2. The molecular formula is C13H14ClNO5. The van der Waals surface area contributed by atoms with Crippen molar-refractivity contribution < 1.29 is 19.2 Å². The number of carbonyl (C=O) groups is 2. The van der Waals surface area contributed by atoms with E-state index >= 15 is 0 Å². The number of aryl methyl sites for hydroxylation is 1. The number of hydrogen-bond donors (Lipinski definition) is 0. The molecule has 0 heterocycles. The van der Waals surface area contributed by atoms with E-state index < -0.39 is 10.2 Å². The van der Waals surface area contributed by atoms with Gasteiger partial charge in [-0.25, -0.2) is 0 Å². The summed E-state index contributed by atoms with van der Waals surface area (Å²) in [6, 6.07) is 3.06. The normalized spacial score (nSPS) is 10.1. The van der Waals surface area contributed by atoms with Gasteiger partial charge in [-0.15, -0.1) is 0 Å². The number of benzene rings is 1. The van der Waals surface area contributed by atoms with Crippen molar-refractivity contribution in [2.45, 2.75) is 26.2 Å². The Labute approximate surface area is 120 Å². The van der Waals surface area contributed by atoms with Gasteiger partial charge in [-0.2, -0.15) is 0 Å². The molecule has 1 rings (SSSR count). The van der Waals surface area contributed by atoms with Crippen molar-refractivity contribution in [3.8, 4) is 5.75 Å². The molecule has 0 saturated carbocycles. The van der Waals surface area contributed by atoms with Crippen LogP contribution in [0.1, 0.15) is 35.2 Å². The Morgan fingerprint density at radius 1 is 1.45 bits per heavy atom. The summed E-state index contributed by atoms with van der Waals surface area (Å²) >= 11 is 5.19. The van der Waals surface area contributed by atoms with Crippen LogP contribution in [0.2, 0.25) is 0 Å². The molecule has 0 aliphatic carbocycles. The lowest BCUT2D eigenvalue weighted by Gasteiger charge is -2.09. The van der Waals surface area contributed by atoms with Crippen LogP contribution in [0, 0.1) is 17.0 Å². The Balaban J connectivity index is 2.77. The van der Waals surface area contributed by atoms with Crippen LogP contribution in [0.15, 0.2) is 12.1 Å². The van der Waals surface area contributed by atoms with Crippen LogP contribution in [0.5, 0.6) is 5.75 Å². The first-order valence-electron chi connectivity index (χ1n) is 6.01. The molecule has 0 unspecified atom stereocenters. The SMILES string of the molecule is Cc1ccc(OCCCCC(=O)Cl)c([N+](=O)[O-])c1C=O. The molecule has 0 aliphatic rings. The van der Waals surface area contributed by atoms with Crippen molar-refractivity contribution >= 4 is 28.8 Å². The minimum atomic E-state index is -0.631. The largest absolute Gasteiger partial charge is 0.487 e. The molecule has 6 nitrogen and oxygen atoms in total. The molecule has 0 radical (unpaired) electrons. The fourth-order valence-electron chi connectivity index (χ4n) is 1.69. The van der Waals surface area contributed by atoms with Gasteiger partial charge in [0.2, 0.25) is 5.24 Å². The highest BCUT2D eigenvalue weighted by Gasteiger charge is 2.22. The molecule has 0 aromatic heterocycles. The predicted molar refractivity (Wildman–Crippen MR) is 73.4 cm³/mol. The van der Waals surface area contributed by atoms with Crippen molar-refractivity contribution in [3.05, 3.63) is 33.4 Å². The summed E-state index contributed by atoms with van der Waals surface area (Å²) < 4.78 is 5.32. The molecule has 0 N–H and O–H groups in total. The summed E-state index contributed by atoms with van der Waals surface area (Å²) in [6.45, 7) is 1.83. The van der Waals surface area contributed by atoms with E-state index in [1.807, 2.05) is 0 Å². The number of rotatable bonds is 8. The Morgan fingerprint density at radius 2 is 2.15 bits per heavy atom. The molecule has 0 fully saturated rings. The average Bonchev–Trinajstić information content (AvgIpc) is 2.38. The molecule has 0 saturated heterocycles. The van der Waals surface area contributed by atoms with E-state index in [2.05, 4.69) is 0 Å². The van der Waals surface area contributed by atoms with Gasteiger partial charge in [0.25, 0.3) is 0 Å². The van der Waals surface area contributed by atoms with Crippen LogP contribution in [-0.4, -0.2) is 23.1 Å². The highest BCUT2D eigenvalue weighted by atomic mass is 35.5. The first-order chi connectivity index (χ1) is 9.47. The van der Waals surface area contributed by atoms with Gasteiger partial charge in [0, 0.05) is 6.42 Å². The number of aldehydes is 1. The molecule has 20 heavy (non-hydrogen) atoms. The minimum absolute atomic E-state index is 0.0171. The average molecular weight is 300 g/mol. The van der Waals surface area contributed by atoms with Crippen LogP contribution < -0.4 is 4.74 Å². The maximum atomic E-state index is 11.0. The quantitative estimate of drug-likeness (QED) is 0.242. The van der Waals surface area contributed by atoms with Crippen molar-refractivity contribution in [3.63, 3.8) is 0 Å². The Morgan fingerprint density at radius 3 is 2.70 bits per heavy atom. The number of ether oxygens (including phenoxy) is 1.